The average molecular weight is 237 g/mol. The van der Waals surface area contributed by atoms with Gasteiger partial charge in [0, 0.05) is 12.2 Å². The van der Waals surface area contributed by atoms with Crippen LogP contribution in [0.3, 0.4) is 0 Å². The molecule has 2 aliphatic rings. The van der Waals surface area contributed by atoms with E-state index in [1.54, 1.807) is 4.90 Å². The molecule has 0 radical (unpaired) electrons. The summed E-state index contributed by atoms with van der Waals surface area (Å²) in [5.74, 6) is -0.985. The van der Waals surface area contributed by atoms with Crippen molar-refractivity contribution >= 4 is 11.9 Å². The Morgan fingerprint density at radius 3 is 3.00 bits per heavy atom. The van der Waals surface area contributed by atoms with Gasteiger partial charge < -0.3 is 14.4 Å². The Bertz CT molecular complexity index is 386. The zero-order valence-corrected chi connectivity index (χ0v) is 9.72. The fraction of sp³-hybridized carbons (Fsp3) is 0.500. The number of carbonyl (C=O) groups is 2. The van der Waals surface area contributed by atoms with Gasteiger partial charge in [-0.15, -0.1) is 0 Å². The maximum absolute atomic E-state index is 12.1. The van der Waals surface area contributed by atoms with Gasteiger partial charge in [-0.1, -0.05) is 12.2 Å². The van der Waals surface area contributed by atoms with Crippen molar-refractivity contribution in [1.29, 1.82) is 0 Å². The van der Waals surface area contributed by atoms with Gasteiger partial charge in [0.25, 0.3) is 5.91 Å². The number of methoxy groups -OCH3 is 1. The van der Waals surface area contributed by atoms with E-state index in [9.17, 15) is 9.59 Å². The molecule has 0 spiro atoms. The second kappa shape index (κ2) is 5.14. The molecule has 1 unspecified atom stereocenters. The Balaban J connectivity index is 2.13. The fourth-order valence-corrected chi connectivity index (χ4v) is 1.92. The molecule has 0 aromatic rings. The van der Waals surface area contributed by atoms with E-state index in [1.165, 1.54) is 7.11 Å². The van der Waals surface area contributed by atoms with Crippen LogP contribution in [0.25, 0.3) is 0 Å². The summed E-state index contributed by atoms with van der Waals surface area (Å²) in [5, 5.41) is 0. The number of rotatable bonds is 2. The molecule has 1 saturated heterocycles. The maximum Gasteiger partial charge on any atom is 0.344 e. The summed E-state index contributed by atoms with van der Waals surface area (Å²) in [4.78, 5) is 25.0. The quantitative estimate of drug-likeness (QED) is 0.522. The summed E-state index contributed by atoms with van der Waals surface area (Å²) in [5.41, 5.74) is 0.846. The van der Waals surface area contributed by atoms with Crippen molar-refractivity contribution in [3.63, 3.8) is 0 Å². The minimum atomic E-state index is -1.12. The van der Waals surface area contributed by atoms with Gasteiger partial charge in [0.05, 0.1) is 13.7 Å². The molecule has 1 amide bonds. The van der Waals surface area contributed by atoms with E-state index >= 15 is 0 Å². The van der Waals surface area contributed by atoms with Gasteiger partial charge in [-0.2, -0.15) is 0 Å². The van der Waals surface area contributed by atoms with E-state index in [1.807, 2.05) is 18.2 Å². The molecule has 1 fully saturated rings. The van der Waals surface area contributed by atoms with Gasteiger partial charge in [-0.3, -0.25) is 4.79 Å². The summed E-state index contributed by atoms with van der Waals surface area (Å²) in [6, 6.07) is 0. The van der Waals surface area contributed by atoms with Crippen molar-refractivity contribution in [2.24, 2.45) is 0 Å². The van der Waals surface area contributed by atoms with Crippen LogP contribution in [0.1, 0.15) is 12.8 Å². The predicted octanol–water partition coefficient (Wildman–Crippen LogP) is 0.621. The molecule has 17 heavy (non-hydrogen) atoms. The first-order chi connectivity index (χ1) is 8.24. The normalized spacial score (nSPS) is 24.5. The first kappa shape index (κ1) is 11.9. The Kier molecular flexibility index (Phi) is 3.58. The number of amides is 1. The number of morpholine rings is 1. The molecule has 0 aromatic heterocycles. The Morgan fingerprint density at radius 1 is 1.53 bits per heavy atom. The van der Waals surface area contributed by atoms with Crippen LogP contribution in [0.15, 0.2) is 23.9 Å². The monoisotopic (exact) mass is 237 g/mol. The van der Waals surface area contributed by atoms with Gasteiger partial charge in [0.1, 0.15) is 0 Å². The molecule has 2 rings (SSSR count). The number of nitrogens with zero attached hydrogens (tertiary/aromatic N) is 1. The van der Waals surface area contributed by atoms with Crippen LogP contribution in [0.2, 0.25) is 0 Å². The van der Waals surface area contributed by atoms with Crippen molar-refractivity contribution in [3.8, 4) is 0 Å². The van der Waals surface area contributed by atoms with Gasteiger partial charge in [0.2, 0.25) is 6.10 Å². The number of esters is 1. The number of ether oxygens (including phenoxy) is 2. The third-order valence-electron chi connectivity index (χ3n) is 2.79. The molecule has 1 aliphatic heterocycles. The summed E-state index contributed by atoms with van der Waals surface area (Å²) in [6.45, 7) is 0.819. The molecule has 1 heterocycles. The summed E-state index contributed by atoms with van der Waals surface area (Å²) < 4.78 is 9.69. The highest BCUT2D eigenvalue weighted by Gasteiger charge is 2.37. The lowest BCUT2D eigenvalue weighted by Gasteiger charge is -2.32. The molecule has 5 heteroatoms. The van der Waals surface area contributed by atoms with E-state index in [0.29, 0.717) is 13.2 Å². The van der Waals surface area contributed by atoms with E-state index in [4.69, 9.17) is 4.74 Å². The topological polar surface area (TPSA) is 55.8 Å². The Morgan fingerprint density at radius 2 is 2.35 bits per heavy atom. The van der Waals surface area contributed by atoms with Crippen molar-refractivity contribution < 1.29 is 19.1 Å². The SMILES string of the molecule is COC(=O)C1OCCN(C2=CCCC=C2)C1=O. The number of carbonyl (C=O) groups excluding carboxylic acids is 2. The smallest absolute Gasteiger partial charge is 0.344 e. The van der Waals surface area contributed by atoms with Crippen LogP contribution < -0.4 is 0 Å². The molecule has 0 N–H and O–H groups in total. The molecular weight excluding hydrogens is 222 g/mol. The summed E-state index contributed by atoms with van der Waals surface area (Å²) in [7, 11) is 1.25. The lowest BCUT2D eigenvalue weighted by atomic mass is 10.1. The molecule has 1 atom stereocenters. The van der Waals surface area contributed by atoms with Gasteiger partial charge in [0.15, 0.2) is 0 Å². The number of allylic oxidation sites excluding steroid dienone is 3. The van der Waals surface area contributed by atoms with Crippen LogP contribution in [-0.2, 0) is 19.1 Å². The minimum Gasteiger partial charge on any atom is -0.467 e. The van der Waals surface area contributed by atoms with E-state index in [0.717, 1.165) is 18.5 Å². The molecular formula is C12H15NO4. The van der Waals surface area contributed by atoms with Crippen molar-refractivity contribution in [2.75, 3.05) is 20.3 Å². The molecule has 1 aliphatic carbocycles. The second-order valence-electron chi connectivity index (χ2n) is 3.87. The van der Waals surface area contributed by atoms with Crippen LogP contribution >= 0.6 is 0 Å². The first-order valence-corrected chi connectivity index (χ1v) is 5.61. The van der Waals surface area contributed by atoms with Crippen molar-refractivity contribution in [3.05, 3.63) is 23.9 Å². The van der Waals surface area contributed by atoms with Crippen molar-refractivity contribution in [1.82, 2.24) is 4.90 Å². The van der Waals surface area contributed by atoms with E-state index < -0.39 is 12.1 Å². The lowest BCUT2D eigenvalue weighted by Crippen LogP contribution is -2.50. The number of hydrogen-bond acceptors (Lipinski definition) is 4. The molecule has 92 valence electrons. The van der Waals surface area contributed by atoms with Crippen LogP contribution in [0.5, 0.6) is 0 Å². The molecule has 0 bridgehead atoms. The second-order valence-corrected chi connectivity index (χ2v) is 3.87. The Labute approximate surface area is 99.7 Å². The average Bonchev–Trinajstić information content (AvgIpc) is 2.39. The minimum absolute atomic E-state index is 0.344. The molecule has 5 nitrogen and oxygen atoms in total. The van der Waals surface area contributed by atoms with E-state index in [2.05, 4.69) is 4.74 Å². The van der Waals surface area contributed by atoms with E-state index in [-0.39, 0.29) is 5.91 Å². The van der Waals surface area contributed by atoms with Crippen molar-refractivity contribution in [2.45, 2.75) is 18.9 Å². The molecule has 0 aromatic carbocycles. The standard InChI is InChI=1S/C12H15NO4/c1-16-12(15)10-11(14)13(7-8-17-10)9-5-3-2-4-6-9/h3,5-6,10H,2,4,7-8H2,1H3. The van der Waals surface area contributed by atoms with Gasteiger partial charge >= 0.3 is 5.97 Å². The van der Waals surface area contributed by atoms with Crippen LogP contribution in [0.4, 0.5) is 0 Å². The van der Waals surface area contributed by atoms with Crippen LogP contribution in [-0.4, -0.2) is 43.1 Å². The third kappa shape index (κ3) is 2.39. The maximum atomic E-state index is 12.1. The highest BCUT2D eigenvalue weighted by atomic mass is 16.6. The predicted molar refractivity (Wildman–Crippen MR) is 59.9 cm³/mol. The molecule has 0 saturated carbocycles. The highest BCUT2D eigenvalue weighted by molar-refractivity contribution is 6.02. The van der Waals surface area contributed by atoms with Crippen LogP contribution in [0, 0.1) is 0 Å². The highest BCUT2D eigenvalue weighted by Crippen LogP contribution is 2.19. The third-order valence-corrected chi connectivity index (χ3v) is 2.79. The van der Waals surface area contributed by atoms with Gasteiger partial charge in [-0.25, -0.2) is 4.79 Å². The first-order valence-electron chi connectivity index (χ1n) is 5.61. The zero-order chi connectivity index (χ0) is 12.3. The van der Waals surface area contributed by atoms with Gasteiger partial charge in [-0.05, 0) is 18.9 Å². The largest absolute Gasteiger partial charge is 0.467 e. The zero-order valence-electron chi connectivity index (χ0n) is 9.72. The fourth-order valence-electron chi connectivity index (χ4n) is 1.92. The Hall–Kier alpha value is -1.62. The number of hydrogen-bond donors (Lipinski definition) is 0. The summed E-state index contributed by atoms with van der Waals surface area (Å²) in [6.07, 6.45) is 6.70. The lowest BCUT2D eigenvalue weighted by molar-refractivity contribution is -0.169. The summed E-state index contributed by atoms with van der Waals surface area (Å²) >= 11 is 0.